The Morgan fingerprint density at radius 1 is 0.717 bits per heavy atom. The van der Waals surface area contributed by atoms with Crippen LogP contribution >= 0.6 is 0 Å². The molecule has 250 valence electrons. The van der Waals surface area contributed by atoms with Gasteiger partial charge in [-0.1, -0.05) is 76.1 Å². The Morgan fingerprint density at radius 3 is 1.83 bits per heavy atom. The Morgan fingerprint density at radius 2 is 1.24 bits per heavy atom. The van der Waals surface area contributed by atoms with E-state index in [9.17, 15) is 14.4 Å². The van der Waals surface area contributed by atoms with Gasteiger partial charge in [0.1, 0.15) is 17.2 Å². The first-order valence-electron chi connectivity index (χ1n) is 16.6. The van der Waals surface area contributed by atoms with Crippen molar-refractivity contribution in [3.63, 3.8) is 0 Å². The van der Waals surface area contributed by atoms with E-state index < -0.39 is 26.6 Å². The number of hydrogen-bond acceptors (Lipinski definition) is 7. The van der Waals surface area contributed by atoms with Crippen molar-refractivity contribution in [3.05, 3.63) is 78.4 Å². The number of esters is 2. The van der Waals surface area contributed by atoms with E-state index in [2.05, 4.69) is 0 Å². The number of carbonyl (C=O) groups is 2. The molecule has 0 aromatic heterocycles. The Labute approximate surface area is 274 Å². The number of benzene rings is 3. The second kappa shape index (κ2) is 19.8. The van der Waals surface area contributed by atoms with Crippen LogP contribution in [0.15, 0.2) is 72.8 Å². The Bertz CT molecular complexity index is 1300. The van der Waals surface area contributed by atoms with E-state index in [0.29, 0.717) is 36.3 Å². The molecule has 0 fully saturated rings. The van der Waals surface area contributed by atoms with Crippen molar-refractivity contribution in [1.29, 1.82) is 0 Å². The molecule has 0 radical (unpaired) electrons. The van der Waals surface area contributed by atoms with Crippen LogP contribution in [0.3, 0.4) is 0 Å². The van der Waals surface area contributed by atoms with Gasteiger partial charge >= 0.3 is 20.5 Å². The molecule has 0 aliphatic carbocycles. The topological polar surface area (TPSA) is 114 Å². The fourth-order valence-corrected chi connectivity index (χ4v) is 5.74. The summed E-state index contributed by atoms with van der Waals surface area (Å²) in [7, 11) is -2.61. The van der Waals surface area contributed by atoms with Gasteiger partial charge in [-0.3, -0.25) is 0 Å². The van der Waals surface area contributed by atoms with Gasteiger partial charge in [0, 0.05) is 12.6 Å². The molecule has 3 rings (SSSR count). The molecule has 0 heterocycles. The fraction of sp³-hybridized carbons (Fsp3) is 0.459. The summed E-state index contributed by atoms with van der Waals surface area (Å²) < 4.78 is 22.3. The zero-order chi connectivity index (χ0) is 33.2. The molecule has 8 nitrogen and oxygen atoms in total. The van der Waals surface area contributed by atoms with Crippen LogP contribution in [0.2, 0.25) is 12.6 Å². The quantitative estimate of drug-likeness (QED) is 0.0408. The number of carbonyl (C=O) groups excluding carboxylic acids is 2. The van der Waals surface area contributed by atoms with E-state index in [0.717, 1.165) is 55.4 Å². The third-order valence-corrected chi connectivity index (χ3v) is 8.88. The van der Waals surface area contributed by atoms with E-state index >= 15 is 0 Å². The van der Waals surface area contributed by atoms with Crippen LogP contribution < -0.4 is 14.2 Å². The van der Waals surface area contributed by atoms with E-state index in [-0.39, 0.29) is 0 Å². The Balaban J connectivity index is 1.34. The largest absolute Gasteiger partial charge is 0.536 e. The van der Waals surface area contributed by atoms with Crippen molar-refractivity contribution in [2.45, 2.75) is 96.8 Å². The Hall–Kier alpha value is -3.66. The molecule has 2 unspecified atom stereocenters. The fourth-order valence-electron chi connectivity index (χ4n) is 4.80. The maximum Gasteiger partial charge on any atom is 0.536 e. The molecular formula is C37H51O8Si+. The van der Waals surface area contributed by atoms with Gasteiger partial charge < -0.3 is 28.5 Å². The third-order valence-electron chi connectivity index (χ3n) is 7.56. The predicted molar refractivity (Wildman–Crippen MR) is 184 cm³/mol. The first-order valence-corrected chi connectivity index (χ1v) is 19.3. The standard InChI is InChI=1S/C37H50O8Si/c1-4-5-26-43-36(38)29(2)44-34-22-24-35(25-23-34)45-37(39)32-16-14-30(15-17-32)31-18-20-33(21-19-31)42-27-12-10-8-6-7-9-11-13-28-46(3,40)41/h14-25,29,40-41H,4-13,26-28H2,1-3H3/p+1. The van der Waals surface area contributed by atoms with E-state index in [1.165, 1.54) is 25.7 Å². The minimum atomic E-state index is -2.61. The van der Waals surface area contributed by atoms with Crippen LogP contribution in [0.5, 0.6) is 17.2 Å². The molecule has 0 aliphatic heterocycles. The second-order valence-electron chi connectivity index (χ2n) is 11.9. The lowest BCUT2D eigenvalue weighted by molar-refractivity contribution is -0.151. The first-order chi connectivity index (χ1) is 22.1. The van der Waals surface area contributed by atoms with Crippen LogP contribution in [0, 0.1) is 0 Å². The predicted octanol–water partition coefficient (Wildman–Crippen LogP) is 7.97. The number of ether oxygens (including phenoxy) is 4. The summed E-state index contributed by atoms with van der Waals surface area (Å²) in [6, 6.07) is 22.5. The molecule has 3 aromatic carbocycles. The highest BCUT2D eigenvalue weighted by molar-refractivity contribution is 6.63. The average Bonchev–Trinajstić information content (AvgIpc) is 3.04. The monoisotopic (exact) mass is 651 g/mol. The smallest absolute Gasteiger partial charge is 0.521 e. The highest BCUT2D eigenvalue weighted by Gasteiger charge is 2.30. The van der Waals surface area contributed by atoms with Crippen molar-refractivity contribution in [2.75, 3.05) is 13.2 Å². The van der Waals surface area contributed by atoms with Crippen molar-refractivity contribution in [1.82, 2.24) is 0 Å². The minimum absolute atomic E-state index is 0.375. The van der Waals surface area contributed by atoms with Gasteiger partial charge in [0.15, 0.2) is 6.10 Å². The molecule has 0 bridgehead atoms. The van der Waals surface area contributed by atoms with Crippen molar-refractivity contribution < 1.29 is 38.1 Å². The SMILES string of the molecule is CCCCOC(=O)C(C)Oc1ccc(OC(=O)c2ccc(-c3ccc(OCCCCCCCCCC[Si](C)(O)[OH2+])cc3)cc2)cc1. The molecule has 2 atom stereocenters. The lowest BCUT2D eigenvalue weighted by Crippen LogP contribution is -2.29. The molecule has 0 amide bonds. The van der Waals surface area contributed by atoms with Crippen LogP contribution in [0.1, 0.15) is 88.4 Å². The summed E-state index contributed by atoms with van der Waals surface area (Å²) in [5.41, 5.74) is 2.45. The number of unbranched alkanes of at least 4 members (excludes halogenated alkanes) is 8. The molecule has 0 spiro atoms. The maximum atomic E-state index is 12.7. The first kappa shape index (κ1) is 36.8. The van der Waals surface area contributed by atoms with Crippen molar-refractivity contribution in [3.8, 4) is 28.4 Å². The molecule has 0 saturated carbocycles. The molecule has 9 heteroatoms. The van der Waals surface area contributed by atoms with Crippen LogP contribution in [0.25, 0.3) is 11.1 Å². The molecule has 0 aliphatic rings. The summed E-state index contributed by atoms with van der Waals surface area (Å²) in [5.74, 6) is 0.826. The van der Waals surface area contributed by atoms with Crippen LogP contribution in [-0.2, 0) is 9.53 Å². The van der Waals surface area contributed by atoms with Crippen LogP contribution in [0.4, 0.5) is 0 Å². The highest BCUT2D eigenvalue weighted by atomic mass is 28.4. The van der Waals surface area contributed by atoms with Crippen molar-refractivity contribution in [2.24, 2.45) is 0 Å². The second-order valence-corrected chi connectivity index (χ2v) is 15.0. The maximum absolute atomic E-state index is 12.7. The minimum Gasteiger partial charge on any atom is -0.521 e. The van der Waals surface area contributed by atoms with E-state index in [1.807, 2.05) is 43.3 Å². The number of hydrogen-bond donors (Lipinski definition) is 1. The van der Waals surface area contributed by atoms with E-state index in [4.69, 9.17) is 23.7 Å². The summed E-state index contributed by atoms with van der Waals surface area (Å²) in [5, 5.41) is 0. The molecular weight excluding hydrogens is 600 g/mol. The van der Waals surface area contributed by atoms with Gasteiger partial charge in [-0.05, 0) is 85.8 Å². The molecule has 0 saturated heterocycles. The van der Waals surface area contributed by atoms with Gasteiger partial charge in [0.25, 0.3) is 0 Å². The Kier molecular flexibility index (Phi) is 15.8. The zero-order valence-electron chi connectivity index (χ0n) is 27.6. The lowest BCUT2D eigenvalue weighted by atomic mass is 10.0. The average molecular weight is 652 g/mol. The van der Waals surface area contributed by atoms with Gasteiger partial charge in [-0.25, -0.2) is 9.59 Å². The molecule has 3 N–H and O–H groups in total. The van der Waals surface area contributed by atoms with Gasteiger partial charge in [-0.15, -0.1) is 0 Å². The van der Waals surface area contributed by atoms with E-state index in [1.54, 1.807) is 49.9 Å². The molecule has 3 aromatic rings. The summed E-state index contributed by atoms with van der Waals surface area (Å²) >= 11 is 0. The lowest BCUT2D eigenvalue weighted by Gasteiger charge is -2.14. The van der Waals surface area contributed by atoms with Gasteiger partial charge in [-0.2, -0.15) is 0 Å². The highest BCUT2D eigenvalue weighted by Crippen LogP contribution is 2.25. The zero-order valence-corrected chi connectivity index (χ0v) is 28.6. The summed E-state index contributed by atoms with van der Waals surface area (Å²) in [4.78, 5) is 41.9. The molecule has 46 heavy (non-hydrogen) atoms. The van der Waals surface area contributed by atoms with Gasteiger partial charge in [0.05, 0.1) is 18.8 Å². The van der Waals surface area contributed by atoms with Crippen molar-refractivity contribution >= 4 is 20.5 Å². The third kappa shape index (κ3) is 14.2. The summed E-state index contributed by atoms with van der Waals surface area (Å²) in [6.45, 7) is 6.43. The summed E-state index contributed by atoms with van der Waals surface area (Å²) in [6.07, 6.45) is 10.1. The number of rotatable bonds is 21. The van der Waals surface area contributed by atoms with Gasteiger partial charge in [0.2, 0.25) is 0 Å². The van der Waals surface area contributed by atoms with Crippen LogP contribution in [-0.4, -0.2) is 49.4 Å². The normalized spacial score (nSPS) is 13.0.